The third-order valence-corrected chi connectivity index (χ3v) is 3.65. The molecular weight excluding hydrogens is 372 g/mol. The van der Waals surface area contributed by atoms with E-state index in [-0.39, 0.29) is 12.1 Å². The van der Waals surface area contributed by atoms with Gasteiger partial charge in [-0.25, -0.2) is 9.59 Å². The molecule has 1 aliphatic rings. The summed E-state index contributed by atoms with van der Waals surface area (Å²) in [7, 11) is 1.43. The lowest BCUT2D eigenvalue weighted by molar-refractivity contribution is -0.123. The zero-order valence-electron chi connectivity index (χ0n) is 15.0. The quantitative estimate of drug-likeness (QED) is 0.706. The van der Waals surface area contributed by atoms with E-state index in [1.165, 1.54) is 25.5 Å². The number of nitrogens with one attached hydrogen (secondary N) is 2. The number of amides is 3. The number of hydrogen-bond acceptors (Lipinski definition) is 8. The monoisotopic (exact) mass is 390 g/mol. The Morgan fingerprint density at radius 3 is 2.75 bits per heavy atom. The van der Waals surface area contributed by atoms with Crippen LogP contribution in [0.3, 0.4) is 0 Å². The molecule has 1 aromatic carbocycles. The zero-order valence-corrected chi connectivity index (χ0v) is 15.0. The van der Waals surface area contributed by atoms with Crippen molar-refractivity contribution in [3.63, 3.8) is 0 Å². The topological polar surface area (TPSA) is 125 Å². The standard InChI is InChI=1S/C18H18N2O8/c1-24-13-7-11(8-14-16(13)27-6-5-26-14)17(22)28-10-15(21)20-18(23)19-9-12-3-2-4-25-12/h2-4,7-8H,5-6,9-10H2,1H3,(H2,19,20,21,23). The average Bonchev–Trinajstić information content (AvgIpc) is 3.23. The molecule has 10 heteroatoms. The second-order valence-corrected chi connectivity index (χ2v) is 5.59. The van der Waals surface area contributed by atoms with Gasteiger partial charge in [0.2, 0.25) is 5.75 Å². The van der Waals surface area contributed by atoms with Crippen LogP contribution in [0, 0.1) is 0 Å². The van der Waals surface area contributed by atoms with Crippen LogP contribution in [0.15, 0.2) is 34.9 Å². The Balaban J connectivity index is 1.50. The summed E-state index contributed by atoms with van der Waals surface area (Å²) in [4.78, 5) is 35.6. The van der Waals surface area contributed by atoms with Crippen LogP contribution in [0.5, 0.6) is 17.2 Å². The van der Waals surface area contributed by atoms with Gasteiger partial charge in [-0.1, -0.05) is 0 Å². The molecule has 0 bridgehead atoms. The van der Waals surface area contributed by atoms with Crippen LogP contribution in [-0.4, -0.2) is 44.8 Å². The van der Waals surface area contributed by atoms with Gasteiger partial charge in [-0.3, -0.25) is 10.1 Å². The molecule has 0 aliphatic carbocycles. The summed E-state index contributed by atoms with van der Waals surface area (Å²) in [5, 5.41) is 4.48. The number of benzene rings is 1. The first kappa shape index (κ1) is 19.1. The molecule has 0 saturated heterocycles. The summed E-state index contributed by atoms with van der Waals surface area (Å²) < 4.78 is 26.1. The van der Waals surface area contributed by atoms with Crippen LogP contribution >= 0.6 is 0 Å². The predicted molar refractivity (Wildman–Crippen MR) is 93.4 cm³/mol. The minimum Gasteiger partial charge on any atom is -0.493 e. The molecule has 2 N–H and O–H groups in total. The maximum Gasteiger partial charge on any atom is 0.338 e. The fourth-order valence-electron chi connectivity index (χ4n) is 2.39. The molecule has 1 aliphatic heterocycles. The van der Waals surface area contributed by atoms with Crippen molar-refractivity contribution < 1.29 is 37.7 Å². The summed E-state index contributed by atoms with van der Waals surface area (Å²) in [5.74, 6) is 0.0271. The van der Waals surface area contributed by atoms with Gasteiger partial charge in [0.25, 0.3) is 5.91 Å². The molecule has 0 radical (unpaired) electrons. The molecule has 2 aromatic rings. The molecule has 0 fully saturated rings. The van der Waals surface area contributed by atoms with E-state index >= 15 is 0 Å². The van der Waals surface area contributed by atoms with E-state index in [0.717, 1.165) is 0 Å². The Labute approximate surface area is 159 Å². The van der Waals surface area contributed by atoms with E-state index in [2.05, 4.69) is 5.32 Å². The summed E-state index contributed by atoms with van der Waals surface area (Å²) in [5.41, 5.74) is 0.121. The predicted octanol–water partition coefficient (Wildman–Crippen LogP) is 1.24. The van der Waals surface area contributed by atoms with Crippen molar-refractivity contribution in [2.45, 2.75) is 6.54 Å². The third-order valence-electron chi connectivity index (χ3n) is 3.65. The highest BCUT2D eigenvalue weighted by Crippen LogP contribution is 2.40. The number of carbonyl (C=O) groups excluding carboxylic acids is 3. The first-order valence-electron chi connectivity index (χ1n) is 8.31. The number of ether oxygens (including phenoxy) is 4. The molecule has 3 amide bonds. The number of fused-ring (bicyclic) bond motifs is 1. The second-order valence-electron chi connectivity index (χ2n) is 5.59. The molecule has 0 spiro atoms. The minimum absolute atomic E-state index is 0.114. The summed E-state index contributed by atoms with van der Waals surface area (Å²) >= 11 is 0. The molecule has 0 unspecified atom stereocenters. The van der Waals surface area contributed by atoms with E-state index in [0.29, 0.717) is 36.2 Å². The molecule has 28 heavy (non-hydrogen) atoms. The average molecular weight is 390 g/mol. The van der Waals surface area contributed by atoms with Crippen molar-refractivity contribution in [2.75, 3.05) is 26.9 Å². The Bertz CT molecular complexity index is 845. The third kappa shape index (κ3) is 4.72. The lowest BCUT2D eigenvalue weighted by Crippen LogP contribution is -2.41. The van der Waals surface area contributed by atoms with Gasteiger partial charge in [0, 0.05) is 0 Å². The number of carbonyl (C=O) groups is 3. The molecular formula is C18H18N2O8. The van der Waals surface area contributed by atoms with Gasteiger partial charge in [0.05, 0.1) is 25.5 Å². The highest BCUT2D eigenvalue weighted by atomic mass is 16.6. The summed E-state index contributed by atoms with van der Waals surface area (Å²) in [6.07, 6.45) is 1.46. The number of methoxy groups -OCH3 is 1. The molecule has 2 heterocycles. The zero-order chi connectivity index (χ0) is 19.9. The van der Waals surface area contributed by atoms with Crippen molar-refractivity contribution in [1.29, 1.82) is 0 Å². The lowest BCUT2D eigenvalue weighted by atomic mass is 10.1. The van der Waals surface area contributed by atoms with E-state index < -0.39 is 24.5 Å². The van der Waals surface area contributed by atoms with Crippen molar-refractivity contribution >= 4 is 17.9 Å². The number of rotatable bonds is 6. The van der Waals surface area contributed by atoms with E-state index in [4.69, 9.17) is 23.4 Å². The van der Waals surface area contributed by atoms with Gasteiger partial charge in [-0.05, 0) is 24.3 Å². The molecule has 1 aromatic heterocycles. The van der Waals surface area contributed by atoms with Crippen molar-refractivity contribution in [3.05, 3.63) is 41.9 Å². The van der Waals surface area contributed by atoms with Gasteiger partial charge in [-0.15, -0.1) is 0 Å². The Hall–Kier alpha value is -3.69. The van der Waals surface area contributed by atoms with Gasteiger partial charge in [-0.2, -0.15) is 0 Å². The van der Waals surface area contributed by atoms with Crippen LogP contribution in [0.1, 0.15) is 16.1 Å². The number of esters is 1. The van der Waals surface area contributed by atoms with Gasteiger partial charge in [0.1, 0.15) is 19.0 Å². The Morgan fingerprint density at radius 2 is 2.00 bits per heavy atom. The Morgan fingerprint density at radius 1 is 1.18 bits per heavy atom. The maximum absolute atomic E-state index is 12.2. The number of urea groups is 1. The fraction of sp³-hybridized carbons (Fsp3) is 0.278. The van der Waals surface area contributed by atoms with Crippen molar-refractivity contribution in [3.8, 4) is 17.2 Å². The molecule has 0 atom stereocenters. The number of hydrogen-bond donors (Lipinski definition) is 2. The number of imide groups is 1. The van der Waals surface area contributed by atoms with E-state index in [1.807, 2.05) is 5.32 Å². The summed E-state index contributed by atoms with van der Waals surface area (Å²) in [6.45, 7) is 0.187. The first-order valence-corrected chi connectivity index (χ1v) is 8.31. The smallest absolute Gasteiger partial charge is 0.338 e. The Kier molecular flexibility index (Phi) is 6.00. The lowest BCUT2D eigenvalue weighted by Gasteiger charge is -2.21. The van der Waals surface area contributed by atoms with Crippen molar-refractivity contribution in [1.82, 2.24) is 10.6 Å². The maximum atomic E-state index is 12.2. The van der Waals surface area contributed by atoms with Gasteiger partial charge >= 0.3 is 12.0 Å². The SMILES string of the molecule is COc1cc(C(=O)OCC(=O)NC(=O)NCc2ccco2)cc2c1OCCO2. The normalized spacial score (nSPS) is 12.0. The molecule has 10 nitrogen and oxygen atoms in total. The largest absolute Gasteiger partial charge is 0.493 e. The second kappa shape index (κ2) is 8.80. The minimum atomic E-state index is -0.783. The fourth-order valence-corrected chi connectivity index (χ4v) is 2.39. The van der Waals surface area contributed by atoms with E-state index in [1.54, 1.807) is 12.1 Å². The van der Waals surface area contributed by atoms with Crippen LogP contribution < -0.4 is 24.8 Å². The van der Waals surface area contributed by atoms with Gasteiger partial charge in [0.15, 0.2) is 18.1 Å². The number of furan rings is 1. The van der Waals surface area contributed by atoms with Crippen molar-refractivity contribution in [2.24, 2.45) is 0 Å². The van der Waals surface area contributed by atoms with Gasteiger partial charge < -0.3 is 28.7 Å². The highest BCUT2D eigenvalue weighted by Gasteiger charge is 2.22. The van der Waals surface area contributed by atoms with Crippen LogP contribution in [0.25, 0.3) is 0 Å². The van der Waals surface area contributed by atoms with Crippen LogP contribution in [0.2, 0.25) is 0 Å². The first-order chi connectivity index (χ1) is 13.6. The molecule has 148 valence electrons. The highest BCUT2D eigenvalue weighted by molar-refractivity contribution is 5.97. The molecule has 3 rings (SSSR count). The van der Waals surface area contributed by atoms with Crippen LogP contribution in [0.4, 0.5) is 4.79 Å². The van der Waals surface area contributed by atoms with E-state index in [9.17, 15) is 14.4 Å². The molecule has 0 saturated carbocycles. The van der Waals surface area contributed by atoms with Crippen LogP contribution in [-0.2, 0) is 16.1 Å². The summed E-state index contributed by atoms with van der Waals surface area (Å²) in [6, 6.07) is 5.47.